The average molecular weight is 631 g/mol. The zero-order valence-corrected chi connectivity index (χ0v) is 25.5. The summed E-state index contributed by atoms with van der Waals surface area (Å²) in [5, 5.41) is 26.3. The molecule has 8 N–H and O–H groups in total. The van der Waals surface area contributed by atoms with Crippen molar-refractivity contribution in [3.63, 3.8) is 0 Å². The molecule has 43 heavy (non-hydrogen) atoms. The van der Waals surface area contributed by atoms with Crippen LogP contribution in [-0.4, -0.2) is 64.1 Å². The van der Waals surface area contributed by atoms with Crippen molar-refractivity contribution in [1.29, 1.82) is 0 Å². The van der Waals surface area contributed by atoms with Crippen molar-refractivity contribution in [2.45, 2.75) is 78.3 Å². The molecule has 242 valence electrons. The van der Waals surface area contributed by atoms with Gasteiger partial charge in [-0.1, -0.05) is 52.7 Å². The SMILES string of the molecule is CCCCC(C)(C)C(C(=O)O)[C@H](N)C(=O)C(N)C(=O)O.CCc1ccc(OS(=O)(=O)O)cc1.O=C(O)CCc1ccco1. The highest BCUT2D eigenvalue weighted by atomic mass is 32.3. The quantitative estimate of drug-likeness (QED) is 0.122. The maximum Gasteiger partial charge on any atom is 0.446 e. The van der Waals surface area contributed by atoms with E-state index in [1.807, 2.05) is 13.8 Å². The molecule has 2 unspecified atom stereocenters. The Kier molecular flexibility index (Phi) is 17.0. The number of Topliss-reactive ketones (excluding diaryl/α,β-unsaturated/α-hetero) is 1. The number of furan rings is 1. The minimum absolute atomic E-state index is 0.111. The Labute approximate surface area is 251 Å². The van der Waals surface area contributed by atoms with Gasteiger partial charge in [-0.05, 0) is 48.1 Å². The predicted octanol–water partition coefficient (Wildman–Crippen LogP) is 2.94. The molecular weight excluding hydrogens is 588 g/mol. The third kappa shape index (κ3) is 15.9. The third-order valence-corrected chi connectivity index (χ3v) is 6.64. The van der Waals surface area contributed by atoms with Crippen LogP contribution in [0.25, 0.3) is 0 Å². The zero-order chi connectivity index (χ0) is 33.4. The first-order valence-electron chi connectivity index (χ1n) is 13.4. The van der Waals surface area contributed by atoms with Gasteiger partial charge >= 0.3 is 28.3 Å². The second-order valence-corrected chi connectivity index (χ2v) is 11.2. The van der Waals surface area contributed by atoms with Crippen LogP contribution in [0.3, 0.4) is 0 Å². The lowest BCUT2D eigenvalue weighted by Gasteiger charge is -2.35. The summed E-state index contributed by atoms with van der Waals surface area (Å²) in [7, 11) is -4.40. The molecule has 0 bridgehead atoms. The van der Waals surface area contributed by atoms with E-state index in [1.54, 1.807) is 38.1 Å². The smallest absolute Gasteiger partial charge is 0.446 e. The number of carboxylic acid groups (broad SMARTS) is 3. The first kappa shape index (κ1) is 39.2. The number of carbonyl (C=O) groups is 4. The van der Waals surface area contributed by atoms with Crippen LogP contribution >= 0.6 is 0 Å². The normalized spacial score (nSPS) is 13.2. The van der Waals surface area contributed by atoms with E-state index in [1.165, 1.54) is 18.4 Å². The van der Waals surface area contributed by atoms with Gasteiger partial charge in [0.2, 0.25) is 0 Å². The van der Waals surface area contributed by atoms with E-state index in [4.69, 9.17) is 30.7 Å². The molecular formula is C28H42N2O12S. The first-order chi connectivity index (χ1) is 19.9. The molecule has 2 rings (SSSR count). The van der Waals surface area contributed by atoms with Gasteiger partial charge in [0.15, 0.2) is 11.8 Å². The van der Waals surface area contributed by atoms with Crippen LogP contribution in [0.2, 0.25) is 0 Å². The van der Waals surface area contributed by atoms with E-state index in [0.717, 1.165) is 30.6 Å². The van der Waals surface area contributed by atoms with Crippen LogP contribution in [0.4, 0.5) is 0 Å². The fraction of sp³-hybridized carbons (Fsp3) is 0.500. The van der Waals surface area contributed by atoms with Crippen molar-refractivity contribution in [2.75, 3.05) is 0 Å². The van der Waals surface area contributed by atoms with Crippen molar-refractivity contribution >= 4 is 34.1 Å². The molecule has 15 heteroatoms. The molecule has 0 amide bonds. The highest BCUT2D eigenvalue weighted by Crippen LogP contribution is 2.35. The third-order valence-electron chi connectivity index (χ3n) is 6.24. The highest BCUT2D eigenvalue weighted by Gasteiger charge is 2.44. The zero-order valence-electron chi connectivity index (χ0n) is 24.6. The molecule has 0 aliphatic rings. The molecule has 3 atom stereocenters. The lowest BCUT2D eigenvalue weighted by molar-refractivity contribution is -0.152. The van der Waals surface area contributed by atoms with Gasteiger partial charge in [-0.3, -0.25) is 23.7 Å². The standard InChI is InChI=1S/C13H24N2O5.C8H10O4S.C7H8O3/c1-4-5-6-13(2,3)7(11(17)18)8(14)10(16)9(15)12(19)20;1-2-7-3-5-8(6-4-7)12-13(9,10)11;8-7(9)4-3-6-2-1-5-10-6/h7-9H,4-6,14-15H2,1-3H3,(H,17,18)(H,19,20);3-6H,2H2,1H3,(H,9,10,11);1-2,5H,3-4H2,(H,8,9)/t7?,8-,9?;;/m0../s1. The summed E-state index contributed by atoms with van der Waals surface area (Å²) in [6.07, 6.45) is 5.26. The van der Waals surface area contributed by atoms with Gasteiger partial charge in [0.25, 0.3) is 0 Å². The molecule has 1 aromatic carbocycles. The van der Waals surface area contributed by atoms with Gasteiger partial charge in [-0.15, -0.1) is 0 Å². The molecule has 0 aliphatic carbocycles. The number of unbranched alkanes of at least 4 members (excludes halogenated alkanes) is 1. The Balaban J connectivity index is 0.000000656. The average Bonchev–Trinajstić information content (AvgIpc) is 3.43. The van der Waals surface area contributed by atoms with Gasteiger partial charge in [-0.25, -0.2) is 0 Å². The number of hydrogen-bond donors (Lipinski definition) is 6. The molecule has 0 saturated carbocycles. The summed E-state index contributed by atoms with van der Waals surface area (Å²) >= 11 is 0. The topological polar surface area (TPSA) is 258 Å². The van der Waals surface area contributed by atoms with Crippen molar-refractivity contribution in [1.82, 2.24) is 0 Å². The number of aryl methyl sites for hydroxylation is 2. The summed E-state index contributed by atoms with van der Waals surface area (Å²) in [4.78, 5) is 44.0. The molecule has 14 nitrogen and oxygen atoms in total. The van der Waals surface area contributed by atoms with E-state index in [2.05, 4.69) is 4.18 Å². The first-order valence-corrected chi connectivity index (χ1v) is 14.7. The summed E-state index contributed by atoms with van der Waals surface area (Å²) in [5.74, 6) is -4.83. The molecule has 2 aromatic rings. The number of carboxylic acids is 3. The Morgan fingerprint density at radius 1 is 0.977 bits per heavy atom. The number of benzene rings is 1. The number of carbonyl (C=O) groups excluding carboxylic acids is 1. The highest BCUT2D eigenvalue weighted by molar-refractivity contribution is 7.81. The lowest BCUT2D eigenvalue weighted by Crippen LogP contribution is -2.55. The van der Waals surface area contributed by atoms with Crippen LogP contribution in [0.1, 0.15) is 64.7 Å². The fourth-order valence-corrected chi connectivity index (χ4v) is 4.20. The van der Waals surface area contributed by atoms with E-state index >= 15 is 0 Å². The largest absolute Gasteiger partial charge is 0.481 e. The van der Waals surface area contributed by atoms with E-state index in [9.17, 15) is 32.7 Å². The van der Waals surface area contributed by atoms with Crippen molar-refractivity contribution < 1.29 is 56.1 Å². The van der Waals surface area contributed by atoms with Crippen LogP contribution < -0.4 is 15.7 Å². The number of aliphatic carboxylic acids is 3. The monoisotopic (exact) mass is 630 g/mol. The molecule has 0 radical (unpaired) electrons. The van der Waals surface area contributed by atoms with Crippen molar-refractivity contribution in [2.24, 2.45) is 22.8 Å². The molecule has 0 saturated heterocycles. The summed E-state index contributed by atoms with van der Waals surface area (Å²) < 4.78 is 38.1. The van der Waals surface area contributed by atoms with Gasteiger partial charge in [0, 0.05) is 6.42 Å². The summed E-state index contributed by atoms with van der Waals surface area (Å²) in [5.41, 5.74) is 11.3. The molecule has 1 aromatic heterocycles. The maximum atomic E-state index is 11.9. The summed E-state index contributed by atoms with van der Waals surface area (Å²) in [6.45, 7) is 7.37. The van der Waals surface area contributed by atoms with Gasteiger partial charge in [-0.2, -0.15) is 8.42 Å². The van der Waals surface area contributed by atoms with Gasteiger partial charge in [0.1, 0.15) is 11.5 Å². The second kappa shape index (κ2) is 18.7. The molecule has 0 spiro atoms. The lowest BCUT2D eigenvalue weighted by atomic mass is 9.70. The van der Waals surface area contributed by atoms with Crippen molar-refractivity contribution in [3.8, 4) is 5.75 Å². The maximum absolute atomic E-state index is 11.9. The Morgan fingerprint density at radius 3 is 1.95 bits per heavy atom. The Bertz CT molecular complexity index is 1260. The van der Waals surface area contributed by atoms with Gasteiger partial charge < -0.3 is 35.4 Å². The molecule has 1 heterocycles. The predicted molar refractivity (Wildman–Crippen MR) is 156 cm³/mol. The Morgan fingerprint density at radius 2 is 1.56 bits per heavy atom. The van der Waals surface area contributed by atoms with Crippen LogP contribution in [0.15, 0.2) is 47.1 Å². The number of nitrogens with two attached hydrogens (primary N) is 2. The van der Waals surface area contributed by atoms with Crippen LogP contribution in [0, 0.1) is 11.3 Å². The van der Waals surface area contributed by atoms with E-state index in [-0.39, 0.29) is 12.2 Å². The van der Waals surface area contributed by atoms with Crippen LogP contribution in [0.5, 0.6) is 5.75 Å². The van der Waals surface area contributed by atoms with Crippen molar-refractivity contribution in [3.05, 3.63) is 54.0 Å². The number of hydrogen-bond acceptors (Lipinski definition) is 10. The minimum Gasteiger partial charge on any atom is -0.481 e. The summed E-state index contributed by atoms with van der Waals surface area (Å²) in [6, 6.07) is 6.74. The van der Waals surface area contributed by atoms with E-state index in [0.29, 0.717) is 12.8 Å². The second-order valence-electron chi connectivity index (χ2n) is 10.1. The Hall–Kier alpha value is -3.79. The number of ketones is 1. The van der Waals surface area contributed by atoms with Gasteiger partial charge in [0.05, 0.1) is 24.6 Å². The number of rotatable bonds is 15. The molecule has 0 fully saturated rings. The minimum atomic E-state index is -4.40. The van der Waals surface area contributed by atoms with Crippen LogP contribution in [-0.2, 0) is 42.4 Å². The molecule has 0 aliphatic heterocycles. The van der Waals surface area contributed by atoms with E-state index < -0.39 is 57.5 Å². The fourth-order valence-electron chi connectivity index (χ4n) is 3.84.